The molecule has 0 aromatic rings. The molecule has 0 bridgehead atoms. The smallest absolute Gasteiger partial charge is 0.331 e. The molecular weight excluding hydrogens is 292 g/mol. The minimum absolute atomic E-state index is 0. The van der Waals surface area contributed by atoms with Crippen LogP contribution in [0.5, 0.6) is 0 Å². The van der Waals surface area contributed by atoms with E-state index in [9.17, 15) is 9.59 Å². The van der Waals surface area contributed by atoms with Gasteiger partial charge in [0, 0.05) is 38.8 Å². The second kappa shape index (κ2) is 5.30. The molecule has 5 nitrogen and oxygen atoms in total. The average Bonchev–Trinajstić information content (AvgIpc) is 2.40. The number of hydrogen-bond donors (Lipinski definition) is 0. The van der Waals surface area contributed by atoms with E-state index in [-0.39, 0.29) is 58.3 Å². The Morgan fingerprint density at radius 3 is 2.07 bits per heavy atom. The minimum atomic E-state index is -0.511. The number of carbonyl (C=O) groups excluding carboxylic acids is 2. The number of carbonyl (C=O) groups is 2. The van der Waals surface area contributed by atoms with Crippen molar-refractivity contribution in [2.24, 2.45) is 0 Å². The Balaban J connectivity index is 0.000000980. The van der Waals surface area contributed by atoms with E-state index in [0.29, 0.717) is 0 Å². The summed E-state index contributed by atoms with van der Waals surface area (Å²) in [6.07, 6.45) is 2.15. The first-order chi connectivity index (χ1) is 6.16. The number of fused-ring (bicyclic) bond motifs is 1. The van der Waals surface area contributed by atoms with Crippen LogP contribution in [0.1, 0.15) is 32.6 Å². The number of nitrogens with zero attached hydrogens (tertiary/aromatic N) is 1. The fourth-order valence-electron chi connectivity index (χ4n) is 1.92. The van der Waals surface area contributed by atoms with Gasteiger partial charge >= 0.3 is 11.9 Å². The summed E-state index contributed by atoms with van der Waals surface area (Å²) in [6.45, 7) is 2.00. The standard InChI is InChI=1S/C8H11NO4.2Co/c1-2-3-8-4-6(10)12-9(8)13-7(11)5-8;;/h2-5H2,1H3;;. The van der Waals surface area contributed by atoms with E-state index in [2.05, 4.69) is 0 Å². The molecular formula is C8H11Co2NO4. The molecule has 2 rings (SSSR count). The van der Waals surface area contributed by atoms with E-state index < -0.39 is 5.54 Å². The van der Waals surface area contributed by atoms with E-state index in [1.54, 1.807) is 0 Å². The fourth-order valence-corrected chi connectivity index (χ4v) is 1.92. The topological polar surface area (TPSA) is 55.8 Å². The molecule has 0 amide bonds. The number of hydroxylamine groups is 2. The van der Waals surface area contributed by atoms with Crippen LogP contribution in [0.15, 0.2) is 0 Å². The van der Waals surface area contributed by atoms with Crippen LogP contribution in [0.4, 0.5) is 0 Å². The Kier molecular flexibility index (Phi) is 5.27. The van der Waals surface area contributed by atoms with Gasteiger partial charge in [-0.1, -0.05) is 13.3 Å². The Bertz CT molecular complexity index is 251. The normalized spacial score (nSPS) is 22.2. The Hall–Kier alpha value is -0.0870. The van der Waals surface area contributed by atoms with Gasteiger partial charge < -0.3 is 9.68 Å². The van der Waals surface area contributed by atoms with Crippen LogP contribution in [0.25, 0.3) is 0 Å². The van der Waals surface area contributed by atoms with Crippen molar-refractivity contribution >= 4 is 11.9 Å². The summed E-state index contributed by atoms with van der Waals surface area (Å²) >= 11 is 0. The van der Waals surface area contributed by atoms with E-state index in [4.69, 9.17) is 9.68 Å². The van der Waals surface area contributed by atoms with Crippen molar-refractivity contribution in [3.05, 3.63) is 0 Å². The van der Waals surface area contributed by atoms with Gasteiger partial charge in [0.25, 0.3) is 0 Å². The second-order valence-electron chi connectivity index (χ2n) is 3.51. The molecule has 2 heterocycles. The first kappa shape index (κ1) is 14.9. The summed E-state index contributed by atoms with van der Waals surface area (Å²) in [7, 11) is 0. The molecule has 0 aromatic carbocycles. The van der Waals surface area contributed by atoms with Gasteiger partial charge in [-0.05, 0) is 6.42 Å². The zero-order valence-corrected chi connectivity index (χ0v) is 10.2. The zero-order valence-electron chi connectivity index (χ0n) is 8.08. The maximum absolute atomic E-state index is 11.0. The molecule has 0 aromatic heterocycles. The molecule has 2 saturated heterocycles. The Morgan fingerprint density at radius 2 is 1.67 bits per heavy atom. The maximum Gasteiger partial charge on any atom is 0.331 e. The molecule has 0 aliphatic carbocycles. The summed E-state index contributed by atoms with van der Waals surface area (Å²) in [4.78, 5) is 31.5. The van der Waals surface area contributed by atoms with Crippen LogP contribution < -0.4 is 0 Å². The van der Waals surface area contributed by atoms with Gasteiger partial charge in [0.2, 0.25) is 0 Å². The molecule has 0 spiro atoms. The third kappa shape index (κ3) is 2.53. The van der Waals surface area contributed by atoms with Crippen molar-refractivity contribution in [3.8, 4) is 0 Å². The molecule has 2 aliphatic rings. The summed E-state index contributed by atoms with van der Waals surface area (Å²) in [5.41, 5.74) is -0.511. The van der Waals surface area contributed by atoms with Gasteiger partial charge in [0.15, 0.2) is 0 Å². The Morgan fingerprint density at radius 1 is 1.20 bits per heavy atom. The molecule has 90 valence electrons. The van der Waals surface area contributed by atoms with Crippen molar-refractivity contribution in [1.29, 1.82) is 0 Å². The minimum Gasteiger partial charge on any atom is -0.332 e. The van der Waals surface area contributed by atoms with Crippen molar-refractivity contribution in [3.63, 3.8) is 0 Å². The number of rotatable bonds is 2. The molecule has 0 unspecified atom stereocenters. The SMILES string of the molecule is CCCC12CC(=O)ON1OC(=O)C2.[Co].[Co]. The van der Waals surface area contributed by atoms with Crippen LogP contribution in [0, 0.1) is 0 Å². The quantitative estimate of drug-likeness (QED) is 0.745. The van der Waals surface area contributed by atoms with Crippen molar-refractivity contribution in [2.75, 3.05) is 0 Å². The number of hydrogen-bond acceptors (Lipinski definition) is 5. The summed E-state index contributed by atoms with van der Waals surface area (Å²) < 4.78 is 0. The average molecular weight is 303 g/mol. The summed E-state index contributed by atoms with van der Waals surface area (Å²) in [6, 6.07) is 0. The zero-order chi connectivity index (χ0) is 9.47. The third-order valence-electron chi connectivity index (χ3n) is 2.42. The van der Waals surface area contributed by atoms with Crippen molar-refractivity contribution in [1.82, 2.24) is 5.23 Å². The van der Waals surface area contributed by atoms with Gasteiger partial charge in [-0.25, -0.2) is 0 Å². The molecule has 2 radical (unpaired) electrons. The summed E-state index contributed by atoms with van der Waals surface area (Å²) in [5, 5.41) is 1.08. The fraction of sp³-hybridized carbons (Fsp3) is 0.750. The molecule has 2 fully saturated rings. The van der Waals surface area contributed by atoms with Crippen molar-refractivity contribution < 1.29 is 52.8 Å². The third-order valence-corrected chi connectivity index (χ3v) is 2.42. The predicted molar refractivity (Wildman–Crippen MR) is 40.9 cm³/mol. The first-order valence-corrected chi connectivity index (χ1v) is 4.38. The van der Waals surface area contributed by atoms with Gasteiger partial charge in [-0.15, -0.1) is 0 Å². The largest absolute Gasteiger partial charge is 0.332 e. The first-order valence-electron chi connectivity index (χ1n) is 4.38. The molecule has 0 N–H and O–H groups in total. The Labute approximate surface area is 108 Å². The molecule has 2 aliphatic heterocycles. The van der Waals surface area contributed by atoms with E-state index in [1.807, 2.05) is 6.92 Å². The van der Waals surface area contributed by atoms with Crippen LogP contribution in [0.2, 0.25) is 0 Å². The van der Waals surface area contributed by atoms with Crippen LogP contribution >= 0.6 is 0 Å². The summed E-state index contributed by atoms with van der Waals surface area (Å²) in [5.74, 6) is -0.637. The van der Waals surface area contributed by atoms with E-state index >= 15 is 0 Å². The van der Waals surface area contributed by atoms with Crippen LogP contribution in [-0.2, 0) is 52.8 Å². The second-order valence-corrected chi connectivity index (χ2v) is 3.51. The van der Waals surface area contributed by atoms with Gasteiger partial charge in [-0.3, -0.25) is 9.59 Å². The van der Waals surface area contributed by atoms with Gasteiger partial charge in [0.1, 0.15) is 5.54 Å². The van der Waals surface area contributed by atoms with Gasteiger partial charge in [0.05, 0.1) is 12.8 Å². The molecule has 0 atom stereocenters. The van der Waals surface area contributed by atoms with E-state index in [1.165, 1.54) is 0 Å². The maximum atomic E-state index is 11.0. The monoisotopic (exact) mass is 303 g/mol. The molecule has 15 heavy (non-hydrogen) atoms. The van der Waals surface area contributed by atoms with Crippen molar-refractivity contribution in [2.45, 2.75) is 38.1 Å². The molecule has 7 heteroatoms. The van der Waals surface area contributed by atoms with Crippen LogP contribution in [0.3, 0.4) is 0 Å². The predicted octanol–water partition coefficient (Wildman–Crippen LogP) is 0.546. The molecule has 0 saturated carbocycles. The van der Waals surface area contributed by atoms with Crippen LogP contribution in [-0.4, -0.2) is 22.7 Å². The van der Waals surface area contributed by atoms with Gasteiger partial charge in [-0.2, -0.15) is 0 Å². The van der Waals surface area contributed by atoms with E-state index in [0.717, 1.165) is 18.1 Å².